The van der Waals surface area contributed by atoms with Crippen LogP contribution in [0.1, 0.15) is 36.8 Å². The zero-order valence-electron chi connectivity index (χ0n) is 17.9. The summed E-state index contributed by atoms with van der Waals surface area (Å²) < 4.78 is 5.47. The van der Waals surface area contributed by atoms with E-state index < -0.39 is 0 Å². The molecule has 0 spiro atoms. The number of guanidine groups is 1. The van der Waals surface area contributed by atoms with E-state index in [-0.39, 0.29) is 24.0 Å². The number of halogens is 1. The van der Waals surface area contributed by atoms with Gasteiger partial charge in [0.05, 0.1) is 13.2 Å². The number of nitrogens with zero attached hydrogens (tertiary/aromatic N) is 3. The molecule has 0 bridgehead atoms. The van der Waals surface area contributed by atoms with Gasteiger partial charge in [0.2, 0.25) is 0 Å². The zero-order valence-corrected chi connectivity index (χ0v) is 20.2. The van der Waals surface area contributed by atoms with Crippen LogP contribution in [0.5, 0.6) is 0 Å². The standard InChI is InChI=1S/C22H37N5O.HI/c1-23-22(24-10-13-26-11-6-2-3-7-12-26)25-18-20-8-4-5-9-21(20)19-27-14-16-28-17-15-27;/h4-5,8-9H,2-3,6-7,10-19H2,1H3,(H2,23,24,25);1H. The summed E-state index contributed by atoms with van der Waals surface area (Å²) >= 11 is 0. The molecule has 2 fully saturated rings. The minimum Gasteiger partial charge on any atom is -0.379 e. The van der Waals surface area contributed by atoms with Crippen molar-refractivity contribution in [3.63, 3.8) is 0 Å². The smallest absolute Gasteiger partial charge is 0.191 e. The number of likely N-dealkylation sites (tertiary alicyclic amines) is 1. The van der Waals surface area contributed by atoms with Crippen LogP contribution in [0, 0.1) is 0 Å². The van der Waals surface area contributed by atoms with Crippen LogP contribution in [0.2, 0.25) is 0 Å². The van der Waals surface area contributed by atoms with Gasteiger partial charge in [-0.2, -0.15) is 0 Å². The van der Waals surface area contributed by atoms with Crippen LogP contribution in [-0.4, -0.2) is 75.3 Å². The monoisotopic (exact) mass is 515 g/mol. The molecular formula is C22H38IN5O. The van der Waals surface area contributed by atoms with Crippen LogP contribution in [-0.2, 0) is 17.8 Å². The fraction of sp³-hybridized carbons (Fsp3) is 0.682. The van der Waals surface area contributed by atoms with E-state index in [0.29, 0.717) is 0 Å². The topological polar surface area (TPSA) is 52.1 Å². The number of benzene rings is 1. The predicted molar refractivity (Wildman–Crippen MR) is 131 cm³/mol. The van der Waals surface area contributed by atoms with Gasteiger partial charge in [0.1, 0.15) is 0 Å². The van der Waals surface area contributed by atoms with Gasteiger partial charge in [0.15, 0.2) is 5.96 Å². The van der Waals surface area contributed by atoms with Crippen LogP contribution in [0.3, 0.4) is 0 Å². The fourth-order valence-electron chi connectivity index (χ4n) is 3.98. The molecular weight excluding hydrogens is 477 g/mol. The molecule has 0 amide bonds. The molecule has 1 aromatic carbocycles. The van der Waals surface area contributed by atoms with E-state index >= 15 is 0 Å². The quantitative estimate of drug-likeness (QED) is 0.333. The van der Waals surface area contributed by atoms with Gasteiger partial charge >= 0.3 is 0 Å². The van der Waals surface area contributed by atoms with E-state index in [1.807, 2.05) is 7.05 Å². The second-order valence-corrected chi connectivity index (χ2v) is 7.77. The number of nitrogens with one attached hydrogen (secondary N) is 2. The van der Waals surface area contributed by atoms with E-state index in [9.17, 15) is 0 Å². The molecule has 6 nitrogen and oxygen atoms in total. The Balaban J connectivity index is 0.00000300. The van der Waals surface area contributed by atoms with Gasteiger partial charge in [0.25, 0.3) is 0 Å². The van der Waals surface area contributed by atoms with Gasteiger partial charge in [-0.05, 0) is 37.1 Å². The van der Waals surface area contributed by atoms with Crippen LogP contribution in [0.15, 0.2) is 29.3 Å². The summed E-state index contributed by atoms with van der Waals surface area (Å²) in [4.78, 5) is 9.44. The fourth-order valence-corrected chi connectivity index (χ4v) is 3.98. The maximum Gasteiger partial charge on any atom is 0.191 e. The van der Waals surface area contributed by atoms with Crippen LogP contribution in [0.25, 0.3) is 0 Å². The van der Waals surface area contributed by atoms with Gasteiger partial charge in [-0.3, -0.25) is 9.89 Å². The van der Waals surface area contributed by atoms with Crippen molar-refractivity contribution in [1.82, 2.24) is 20.4 Å². The third-order valence-electron chi connectivity index (χ3n) is 5.71. The Hall–Kier alpha value is -0.900. The van der Waals surface area contributed by atoms with Gasteiger partial charge in [-0.1, -0.05) is 37.1 Å². The Kier molecular flexibility index (Phi) is 11.9. The molecule has 0 aliphatic carbocycles. The van der Waals surface area contributed by atoms with Crippen LogP contribution >= 0.6 is 24.0 Å². The summed E-state index contributed by atoms with van der Waals surface area (Å²) in [6.07, 6.45) is 5.45. The van der Waals surface area contributed by atoms with E-state index in [1.165, 1.54) is 49.9 Å². The van der Waals surface area contributed by atoms with Gasteiger partial charge in [-0.15, -0.1) is 24.0 Å². The minimum atomic E-state index is 0. The van der Waals surface area contributed by atoms with Gasteiger partial charge < -0.3 is 20.3 Å². The molecule has 0 radical (unpaired) electrons. The largest absolute Gasteiger partial charge is 0.379 e. The highest BCUT2D eigenvalue weighted by Crippen LogP contribution is 2.13. The molecule has 0 aromatic heterocycles. The molecule has 164 valence electrons. The van der Waals surface area contributed by atoms with E-state index in [0.717, 1.165) is 58.4 Å². The average Bonchev–Trinajstić information content (AvgIpc) is 3.01. The minimum absolute atomic E-state index is 0. The molecule has 1 aromatic rings. The summed E-state index contributed by atoms with van der Waals surface area (Å²) in [6, 6.07) is 8.71. The van der Waals surface area contributed by atoms with Crippen molar-refractivity contribution in [2.45, 2.75) is 38.8 Å². The Morgan fingerprint density at radius 3 is 2.31 bits per heavy atom. The Labute approximate surface area is 193 Å². The lowest BCUT2D eigenvalue weighted by Gasteiger charge is -2.27. The van der Waals surface area contributed by atoms with Crippen LogP contribution < -0.4 is 10.6 Å². The van der Waals surface area contributed by atoms with E-state index in [1.54, 1.807) is 0 Å². The Bertz CT molecular complexity index is 599. The predicted octanol–water partition coefficient (Wildman–Crippen LogP) is 2.68. The number of morpholine rings is 1. The molecule has 2 N–H and O–H groups in total. The lowest BCUT2D eigenvalue weighted by atomic mass is 10.1. The highest BCUT2D eigenvalue weighted by Gasteiger charge is 2.13. The summed E-state index contributed by atoms with van der Waals surface area (Å²) in [7, 11) is 1.85. The van der Waals surface area contributed by atoms with Crippen molar-refractivity contribution in [2.75, 3.05) is 59.5 Å². The molecule has 0 atom stereocenters. The first-order valence-electron chi connectivity index (χ1n) is 10.9. The van der Waals surface area contributed by atoms with Crippen molar-refractivity contribution in [2.24, 2.45) is 4.99 Å². The first-order chi connectivity index (χ1) is 13.8. The molecule has 2 saturated heterocycles. The maximum absolute atomic E-state index is 5.47. The third-order valence-corrected chi connectivity index (χ3v) is 5.71. The number of hydrogen-bond acceptors (Lipinski definition) is 4. The normalized spacial score (nSPS) is 19.3. The zero-order chi connectivity index (χ0) is 19.4. The van der Waals surface area contributed by atoms with Crippen molar-refractivity contribution in [3.8, 4) is 0 Å². The third kappa shape index (κ3) is 8.78. The Morgan fingerprint density at radius 2 is 1.62 bits per heavy atom. The van der Waals surface area contributed by atoms with E-state index in [2.05, 4.69) is 49.7 Å². The molecule has 2 aliphatic rings. The van der Waals surface area contributed by atoms with Crippen molar-refractivity contribution in [1.29, 1.82) is 0 Å². The number of ether oxygens (including phenoxy) is 1. The number of aliphatic imine (C=N–C) groups is 1. The lowest BCUT2D eigenvalue weighted by molar-refractivity contribution is 0.0341. The SMILES string of the molecule is CN=C(NCCN1CCCCCC1)NCc1ccccc1CN1CCOCC1.I. The molecule has 3 rings (SSSR count). The number of hydrogen-bond donors (Lipinski definition) is 2. The molecule has 2 aliphatic heterocycles. The highest BCUT2D eigenvalue weighted by molar-refractivity contribution is 14.0. The van der Waals surface area contributed by atoms with Crippen molar-refractivity contribution in [3.05, 3.63) is 35.4 Å². The second-order valence-electron chi connectivity index (χ2n) is 7.77. The Morgan fingerprint density at radius 1 is 0.931 bits per heavy atom. The molecule has 2 heterocycles. The lowest BCUT2D eigenvalue weighted by Crippen LogP contribution is -2.41. The summed E-state index contributed by atoms with van der Waals surface area (Å²) in [5.41, 5.74) is 2.72. The summed E-state index contributed by atoms with van der Waals surface area (Å²) in [5.74, 6) is 0.885. The molecule has 0 unspecified atom stereocenters. The highest BCUT2D eigenvalue weighted by atomic mass is 127. The summed E-state index contributed by atoms with van der Waals surface area (Å²) in [5, 5.41) is 6.97. The average molecular weight is 515 g/mol. The van der Waals surface area contributed by atoms with Crippen LogP contribution in [0.4, 0.5) is 0 Å². The number of rotatable bonds is 7. The van der Waals surface area contributed by atoms with Crippen molar-refractivity contribution < 1.29 is 4.74 Å². The van der Waals surface area contributed by atoms with Crippen molar-refractivity contribution >= 4 is 29.9 Å². The van der Waals surface area contributed by atoms with Gasteiger partial charge in [0, 0.05) is 46.3 Å². The first-order valence-corrected chi connectivity index (χ1v) is 10.9. The molecule has 0 saturated carbocycles. The molecule has 7 heteroatoms. The van der Waals surface area contributed by atoms with Gasteiger partial charge in [-0.25, -0.2) is 0 Å². The second kappa shape index (κ2) is 14.2. The maximum atomic E-state index is 5.47. The summed E-state index contributed by atoms with van der Waals surface area (Å²) in [6.45, 7) is 10.0. The first kappa shape index (κ1) is 24.4. The van der Waals surface area contributed by atoms with E-state index in [4.69, 9.17) is 4.74 Å². The molecule has 29 heavy (non-hydrogen) atoms.